The normalized spacial score (nSPS) is 15.2. The molecule has 4 rings (SSSR count). The fourth-order valence-corrected chi connectivity index (χ4v) is 4.27. The van der Waals surface area contributed by atoms with Crippen LogP contribution in [0.5, 0.6) is 17.2 Å². The highest BCUT2D eigenvalue weighted by Gasteiger charge is 2.27. The van der Waals surface area contributed by atoms with Crippen LogP contribution in [-0.2, 0) is 11.3 Å². The Balaban J connectivity index is 1.62. The first-order valence-corrected chi connectivity index (χ1v) is 11.7. The minimum atomic E-state index is -0.229. The van der Waals surface area contributed by atoms with Gasteiger partial charge in [0.05, 0.1) is 27.4 Å². The van der Waals surface area contributed by atoms with Crippen LogP contribution in [0.15, 0.2) is 40.9 Å². The molecule has 0 radical (unpaired) electrons. The first-order chi connectivity index (χ1) is 16.9. The molecule has 0 bridgehead atoms. The Morgan fingerprint density at radius 2 is 1.77 bits per heavy atom. The highest BCUT2D eigenvalue weighted by atomic mass is 16.5. The molecule has 0 N–H and O–H groups in total. The van der Waals surface area contributed by atoms with E-state index in [1.165, 1.54) is 5.56 Å². The quantitative estimate of drug-likeness (QED) is 0.435. The van der Waals surface area contributed by atoms with Gasteiger partial charge in [0.15, 0.2) is 23.0 Å². The number of hydrogen-bond donors (Lipinski definition) is 0. The molecule has 1 aliphatic rings. The SMILES string of the molecule is COc1cc(CN(C[C@@H]2CCCO2)C(=O)c2cc(-c3ccc(C)c(C)c3)on2)cc(OC)c1OC. The van der Waals surface area contributed by atoms with Crippen molar-refractivity contribution in [2.45, 2.75) is 39.3 Å². The third-order valence-corrected chi connectivity index (χ3v) is 6.35. The Kier molecular flexibility index (Phi) is 7.60. The molecule has 0 spiro atoms. The van der Waals surface area contributed by atoms with Crippen molar-refractivity contribution in [3.8, 4) is 28.6 Å². The van der Waals surface area contributed by atoms with Crippen LogP contribution in [0.1, 0.15) is 40.0 Å². The number of carbonyl (C=O) groups is 1. The fourth-order valence-electron chi connectivity index (χ4n) is 4.27. The molecule has 0 unspecified atom stereocenters. The van der Waals surface area contributed by atoms with Gasteiger partial charge in [-0.15, -0.1) is 0 Å². The predicted molar refractivity (Wildman–Crippen MR) is 131 cm³/mol. The standard InChI is InChI=1S/C27H32N2O6/c1-17-8-9-20(11-18(17)2)23-14-22(28-35-23)27(30)29(16-21-7-6-10-34-21)15-19-12-24(31-3)26(33-5)25(13-19)32-4/h8-9,11-14,21H,6-7,10,15-16H2,1-5H3/t21-/m0/s1. The van der Waals surface area contributed by atoms with Gasteiger partial charge in [0.25, 0.3) is 5.91 Å². The van der Waals surface area contributed by atoms with E-state index in [4.69, 9.17) is 23.5 Å². The van der Waals surface area contributed by atoms with Crippen LogP contribution in [-0.4, -0.2) is 56.5 Å². The van der Waals surface area contributed by atoms with Gasteiger partial charge in [-0.05, 0) is 61.6 Å². The average molecular weight is 481 g/mol. The van der Waals surface area contributed by atoms with Gasteiger partial charge in [0.1, 0.15) is 0 Å². The Hall–Kier alpha value is -3.52. The monoisotopic (exact) mass is 480 g/mol. The number of aromatic nitrogens is 1. The zero-order valence-corrected chi connectivity index (χ0v) is 20.9. The highest BCUT2D eigenvalue weighted by Crippen LogP contribution is 2.38. The first-order valence-electron chi connectivity index (χ1n) is 11.7. The van der Waals surface area contributed by atoms with E-state index in [0.29, 0.717) is 42.7 Å². The summed E-state index contributed by atoms with van der Waals surface area (Å²) in [5.74, 6) is 1.90. The summed E-state index contributed by atoms with van der Waals surface area (Å²) in [5, 5.41) is 4.10. The molecule has 186 valence electrons. The molecule has 2 aromatic carbocycles. The van der Waals surface area contributed by atoms with E-state index in [1.54, 1.807) is 32.3 Å². The van der Waals surface area contributed by atoms with Crippen LogP contribution in [0, 0.1) is 13.8 Å². The fraction of sp³-hybridized carbons (Fsp3) is 0.407. The van der Waals surface area contributed by atoms with Crippen molar-refractivity contribution in [2.24, 2.45) is 0 Å². The maximum atomic E-state index is 13.6. The molecular weight excluding hydrogens is 448 g/mol. The van der Waals surface area contributed by atoms with Crippen molar-refractivity contribution >= 4 is 5.91 Å². The number of carbonyl (C=O) groups excluding carboxylic acids is 1. The zero-order valence-electron chi connectivity index (χ0n) is 20.9. The molecule has 1 fully saturated rings. The average Bonchev–Trinajstić information content (AvgIpc) is 3.57. The molecule has 8 nitrogen and oxygen atoms in total. The molecule has 3 aromatic rings. The summed E-state index contributed by atoms with van der Waals surface area (Å²) >= 11 is 0. The lowest BCUT2D eigenvalue weighted by Gasteiger charge is -2.25. The van der Waals surface area contributed by atoms with Gasteiger partial charge in [-0.3, -0.25) is 4.79 Å². The Morgan fingerprint density at radius 1 is 1.03 bits per heavy atom. The molecule has 8 heteroatoms. The van der Waals surface area contributed by atoms with E-state index in [0.717, 1.165) is 29.5 Å². The highest BCUT2D eigenvalue weighted by molar-refractivity contribution is 5.93. The van der Waals surface area contributed by atoms with Crippen LogP contribution in [0.25, 0.3) is 11.3 Å². The summed E-state index contributed by atoms with van der Waals surface area (Å²) in [6, 6.07) is 11.4. The van der Waals surface area contributed by atoms with Crippen molar-refractivity contribution in [1.29, 1.82) is 0 Å². The van der Waals surface area contributed by atoms with Crippen molar-refractivity contribution in [2.75, 3.05) is 34.5 Å². The number of methoxy groups -OCH3 is 3. The van der Waals surface area contributed by atoms with E-state index >= 15 is 0 Å². The van der Waals surface area contributed by atoms with Gasteiger partial charge < -0.3 is 28.4 Å². The predicted octanol–water partition coefficient (Wildman–Crippen LogP) is 4.81. The smallest absolute Gasteiger partial charge is 0.276 e. The second kappa shape index (κ2) is 10.8. The van der Waals surface area contributed by atoms with E-state index in [1.807, 2.05) is 37.3 Å². The molecular formula is C27H32N2O6. The number of benzene rings is 2. The molecule has 1 aliphatic heterocycles. The molecule has 2 heterocycles. The number of aryl methyl sites for hydroxylation is 2. The molecule has 1 saturated heterocycles. The molecule has 0 saturated carbocycles. The van der Waals surface area contributed by atoms with Gasteiger partial charge in [-0.25, -0.2) is 0 Å². The first kappa shape index (κ1) is 24.6. The summed E-state index contributed by atoms with van der Waals surface area (Å²) in [7, 11) is 4.70. The number of hydrogen-bond acceptors (Lipinski definition) is 7. The topological polar surface area (TPSA) is 83.3 Å². The van der Waals surface area contributed by atoms with Crippen molar-refractivity contribution in [3.05, 3.63) is 58.8 Å². The van der Waals surface area contributed by atoms with Gasteiger partial charge in [0, 0.05) is 31.3 Å². The van der Waals surface area contributed by atoms with Crippen LogP contribution < -0.4 is 14.2 Å². The number of rotatable bonds is 9. The summed E-state index contributed by atoms with van der Waals surface area (Å²) in [6.45, 7) is 5.57. The Bertz CT molecular complexity index is 1160. The van der Waals surface area contributed by atoms with E-state index in [9.17, 15) is 4.79 Å². The maximum absolute atomic E-state index is 13.6. The van der Waals surface area contributed by atoms with Crippen LogP contribution in [0.3, 0.4) is 0 Å². The van der Waals surface area contributed by atoms with E-state index in [-0.39, 0.29) is 17.7 Å². The van der Waals surface area contributed by atoms with Crippen LogP contribution >= 0.6 is 0 Å². The number of amides is 1. The minimum Gasteiger partial charge on any atom is -0.493 e. The van der Waals surface area contributed by atoms with Crippen molar-refractivity contribution < 1.29 is 28.3 Å². The second-order valence-corrected chi connectivity index (χ2v) is 8.73. The Morgan fingerprint density at radius 3 is 2.37 bits per heavy atom. The summed E-state index contributed by atoms with van der Waals surface area (Å²) in [5.41, 5.74) is 4.31. The van der Waals surface area contributed by atoms with Crippen molar-refractivity contribution in [1.82, 2.24) is 10.1 Å². The number of ether oxygens (including phenoxy) is 4. The van der Waals surface area contributed by atoms with Gasteiger partial charge in [-0.1, -0.05) is 17.3 Å². The Labute approximate surface area is 205 Å². The molecule has 1 aromatic heterocycles. The summed E-state index contributed by atoms with van der Waals surface area (Å²) in [4.78, 5) is 15.3. The van der Waals surface area contributed by atoms with E-state index < -0.39 is 0 Å². The summed E-state index contributed by atoms with van der Waals surface area (Å²) in [6.07, 6.45) is 1.87. The van der Waals surface area contributed by atoms with Gasteiger partial charge in [-0.2, -0.15) is 0 Å². The summed E-state index contributed by atoms with van der Waals surface area (Å²) < 4.78 is 27.8. The van der Waals surface area contributed by atoms with Crippen LogP contribution in [0.2, 0.25) is 0 Å². The zero-order chi connectivity index (χ0) is 24.9. The van der Waals surface area contributed by atoms with E-state index in [2.05, 4.69) is 12.1 Å². The molecule has 35 heavy (non-hydrogen) atoms. The molecule has 1 atom stereocenters. The van der Waals surface area contributed by atoms with Gasteiger partial charge >= 0.3 is 0 Å². The van der Waals surface area contributed by atoms with Crippen molar-refractivity contribution in [3.63, 3.8) is 0 Å². The van der Waals surface area contributed by atoms with Crippen LogP contribution in [0.4, 0.5) is 0 Å². The lowest BCUT2D eigenvalue weighted by atomic mass is 10.0. The second-order valence-electron chi connectivity index (χ2n) is 8.73. The number of nitrogens with zero attached hydrogens (tertiary/aromatic N) is 2. The minimum absolute atomic E-state index is 0.0212. The lowest BCUT2D eigenvalue weighted by Crippen LogP contribution is -2.37. The third-order valence-electron chi connectivity index (χ3n) is 6.35. The van der Waals surface area contributed by atoms with Gasteiger partial charge in [0.2, 0.25) is 5.75 Å². The molecule has 0 aliphatic carbocycles. The lowest BCUT2D eigenvalue weighted by molar-refractivity contribution is 0.0499. The molecule has 1 amide bonds. The largest absolute Gasteiger partial charge is 0.493 e. The third kappa shape index (κ3) is 5.43. The maximum Gasteiger partial charge on any atom is 0.276 e.